The van der Waals surface area contributed by atoms with E-state index in [0.29, 0.717) is 44.9 Å². The van der Waals surface area contributed by atoms with Gasteiger partial charge in [0.05, 0.1) is 16.8 Å². The Kier molecular flexibility index (Phi) is 7.41. The van der Waals surface area contributed by atoms with Crippen LogP contribution in [-0.2, 0) is 30.8 Å². The number of amides is 1. The Hall–Kier alpha value is -3.46. The van der Waals surface area contributed by atoms with Gasteiger partial charge in [0.15, 0.2) is 27.3 Å². The number of thiazole rings is 2. The SMILES string of the molecule is CNc1ccc2nc(NC(=O)/C(=N/OCc3nccs3)c3ccc(S(=O)(=O)[C@H]4CCOC4)cc3)sc2n1. The molecule has 1 aliphatic rings. The van der Waals surface area contributed by atoms with Crippen LogP contribution in [0.15, 0.2) is 58.0 Å². The number of pyridine rings is 1. The largest absolute Gasteiger partial charge is 0.388 e. The number of nitrogens with one attached hydrogen (secondary N) is 2. The van der Waals surface area contributed by atoms with Crippen molar-refractivity contribution in [3.8, 4) is 0 Å². The average molecular weight is 559 g/mol. The van der Waals surface area contributed by atoms with Gasteiger partial charge in [-0.15, -0.1) is 11.3 Å². The summed E-state index contributed by atoms with van der Waals surface area (Å²) in [7, 11) is -1.77. The maximum absolute atomic E-state index is 13.3. The quantitative estimate of drug-likeness (QED) is 0.233. The first-order valence-electron chi connectivity index (χ1n) is 11.2. The number of nitrogens with zero attached hydrogens (tertiary/aromatic N) is 4. The Labute approximate surface area is 220 Å². The van der Waals surface area contributed by atoms with E-state index in [4.69, 9.17) is 9.57 Å². The third-order valence-corrected chi connectivity index (χ3v) is 9.37. The summed E-state index contributed by atoms with van der Waals surface area (Å²) in [5.74, 6) is 0.123. The van der Waals surface area contributed by atoms with Crippen LogP contribution in [0.1, 0.15) is 17.0 Å². The number of aromatic nitrogens is 3. The average Bonchev–Trinajstić information content (AvgIpc) is 3.68. The van der Waals surface area contributed by atoms with Crippen LogP contribution in [-0.4, -0.2) is 60.5 Å². The van der Waals surface area contributed by atoms with E-state index >= 15 is 0 Å². The van der Waals surface area contributed by atoms with Crippen LogP contribution in [0.3, 0.4) is 0 Å². The Bertz CT molecular complexity index is 1530. The zero-order valence-electron chi connectivity index (χ0n) is 19.6. The fourth-order valence-electron chi connectivity index (χ4n) is 3.62. The van der Waals surface area contributed by atoms with E-state index in [1.165, 1.54) is 46.9 Å². The fraction of sp³-hybridized carbons (Fsp3) is 0.261. The van der Waals surface area contributed by atoms with E-state index in [-0.39, 0.29) is 23.8 Å². The van der Waals surface area contributed by atoms with Crippen molar-refractivity contribution in [1.29, 1.82) is 0 Å². The van der Waals surface area contributed by atoms with Crippen LogP contribution in [0.25, 0.3) is 10.3 Å². The van der Waals surface area contributed by atoms with Gasteiger partial charge in [-0.1, -0.05) is 28.6 Å². The molecule has 11 nitrogen and oxygen atoms in total. The number of oxime groups is 1. The summed E-state index contributed by atoms with van der Waals surface area (Å²) in [5.41, 5.74) is 0.992. The molecule has 37 heavy (non-hydrogen) atoms. The molecule has 14 heteroatoms. The smallest absolute Gasteiger partial charge is 0.280 e. The molecule has 1 saturated heterocycles. The molecule has 3 aromatic heterocycles. The van der Waals surface area contributed by atoms with Gasteiger partial charge < -0.3 is 14.9 Å². The summed E-state index contributed by atoms with van der Waals surface area (Å²) in [5, 5.41) is 12.1. The molecule has 5 rings (SSSR count). The molecule has 2 N–H and O–H groups in total. The van der Waals surface area contributed by atoms with E-state index in [0.717, 1.165) is 0 Å². The number of hydrogen-bond donors (Lipinski definition) is 2. The van der Waals surface area contributed by atoms with Gasteiger partial charge in [0.1, 0.15) is 21.2 Å². The van der Waals surface area contributed by atoms with Crippen LogP contribution in [0, 0.1) is 0 Å². The summed E-state index contributed by atoms with van der Waals surface area (Å²) < 4.78 is 31.0. The molecule has 1 amide bonds. The second-order valence-electron chi connectivity index (χ2n) is 7.94. The first-order chi connectivity index (χ1) is 17.9. The summed E-state index contributed by atoms with van der Waals surface area (Å²) in [4.78, 5) is 32.5. The molecule has 1 atom stereocenters. The van der Waals surface area contributed by atoms with Gasteiger partial charge in [-0.2, -0.15) is 0 Å². The topological polar surface area (TPSA) is 145 Å². The number of carbonyl (C=O) groups is 1. The highest BCUT2D eigenvalue weighted by atomic mass is 32.2. The lowest BCUT2D eigenvalue weighted by Gasteiger charge is -2.11. The summed E-state index contributed by atoms with van der Waals surface area (Å²) in [6, 6.07) is 9.60. The summed E-state index contributed by atoms with van der Waals surface area (Å²) in [6.45, 7) is 0.685. The molecule has 1 aromatic carbocycles. The number of anilines is 2. The Balaban J connectivity index is 1.40. The number of ether oxygens (including phenoxy) is 1. The van der Waals surface area contributed by atoms with Crippen molar-refractivity contribution in [1.82, 2.24) is 15.0 Å². The maximum Gasteiger partial charge on any atom is 0.280 e. The van der Waals surface area contributed by atoms with Gasteiger partial charge in [-0.05, 0) is 30.7 Å². The molecule has 0 spiro atoms. The second-order valence-corrected chi connectivity index (χ2v) is 12.1. The fourth-order valence-corrected chi connectivity index (χ4v) is 6.56. The van der Waals surface area contributed by atoms with Crippen molar-refractivity contribution >= 4 is 65.4 Å². The number of rotatable bonds is 9. The minimum Gasteiger partial charge on any atom is -0.388 e. The molecule has 0 unspecified atom stereocenters. The van der Waals surface area contributed by atoms with Crippen molar-refractivity contribution in [2.75, 3.05) is 30.9 Å². The summed E-state index contributed by atoms with van der Waals surface area (Å²) >= 11 is 2.62. The third-order valence-electron chi connectivity index (χ3n) is 5.56. The molecule has 0 radical (unpaired) electrons. The highest BCUT2D eigenvalue weighted by molar-refractivity contribution is 7.92. The van der Waals surface area contributed by atoms with Crippen molar-refractivity contribution < 1.29 is 22.8 Å². The zero-order valence-corrected chi connectivity index (χ0v) is 22.0. The highest BCUT2D eigenvalue weighted by Gasteiger charge is 2.31. The molecule has 0 saturated carbocycles. The first-order valence-corrected chi connectivity index (χ1v) is 14.5. The van der Waals surface area contributed by atoms with Crippen LogP contribution >= 0.6 is 22.7 Å². The monoisotopic (exact) mass is 558 g/mol. The van der Waals surface area contributed by atoms with Crippen molar-refractivity contribution in [2.24, 2.45) is 5.16 Å². The number of carbonyl (C=O) groups excluding carboxylic acids is 1. The molecule has 4 heterocycles. The van der Waals surface area contributed by atoms with Gasteiger partial charge in [0.25, 0.3) is 5.91 Å². The van der Waals surface area contributed by atoms with Crippen LogP contribution < -0.4 is 10.6 Å². The number of sulfone groups is 1. The standard InChI is InChI=1S/C23H22N6O5S3/c1-24-18-7-6-17-22(27-18)36-23(26-17)28-21(30)20(29-34-13-19-25-9-11-35-19)14-2-4-15(5-3-14)37(31,32)16-8-10-33-12-16/h2-7,9,11,16H,8,10,12-13H2,1H3,(H,24,27)(H,26,28,30)/b29-20+/t16-/m0/s1. The molecule has 4 aromatic rings. The number of benzene rings is 1. The molecule has 0 aliphatic carbocycles. The molecule has 1 fully saturated rings. The van der Waals surface area contributed by atoms with Crippen molar-refractivity contribution in [2.45, 2.75) is 23.2 Å². The lowest BCUT2D eigenvalue weighted by molar-refractivity contribution is -0.110. The lowest BCUT2D eigenvalue weighted by Crippen LogP contribution is -2.25. The van der Waals surface area contributed by atoms with Crippen LogP contribution in [0.5, 0.6) is 0 Å². The van der Waals surface area contributed by atoms with Crippen LogP contribution in [0.2, 0.25) is 0 Å². The van der Waals surface area contributed by atoms with Gasteiger partial charge in [-0.25, -0.2) is 23.4 Å². The molecular formula is C23H22N6O5S3. The van der Waals surface area contributed by atoms with Crippen molar-refractivity contribution in [3.05, 3.63) is 58.5 Å². The molecule has 0 bridgehead atoms. The van der Waals surface area contributed by atoms with Crippen LogP contribution in [0.4, 0.5) is 10.9 Å². The highest BCUT2D eigenvalue weighted by Crippen LogP contribution is 2.26. The lowest BCUT2D eigenvalue weighted by atomic mass is 10.1. The van der Waals surface area contributed by atoms with Crippen molar-refractivity contribution in [3.63, 3.8) is 0 Å². The van der Waals surface area contributed by atoms with Gasteiger partial charge in [-0.3, -0.25) is 10.1 Å². The summed E-state index contributed by atoms with van der Waals surface area (Å²) in [6.07, 6.45) is 2.10. The molecule has 1 aliphatic heterocycles. The van der Waals surface area contributed by atoms with E-state index in [2.05, 4.69) is 30.7 Å². The van der Waals surface area contributed by atoms with Gasteiger partial charge >= 0.3 is 0 Å². The van der Waals surface area contributed by atoms with E-state index in [9.17, 15) is 13.2 Å². The minimum atomic E-state index is -3.54. The predicted octanol–water partition coefficient (Wildman–Crippen LogP) is 3.31. The van der Waals surface area contributed by atoms with E-state index in [1.807, 2.05) is 5.38 Å². The Morgan fingerprint density at radius 2 is 2.05 bits per heavy atom. The number of hydrogen-bond acceptors (Lipinski definition) is 12. The Morgan fingerprint density at radius 3 is 2.76 bits per heavy atom. The Morgan fingerprint density at radius 1 is 1.22 bits per heavy atom. The first kappa shape index (κ1) is 25.2. The van der Waals surface area contributed by atoms with Gasteiger partial charge in [0.2, 0.25) is 0 Å². The minimum absolute atomic E-state index is 0.0344. The second kappa shape index (κ2) is 10.9. The van der Waals surface area contributed by atoms with Gasteiger partial charge in [0, 0.05) is 30.8 Å². The zero-order chi connectivity index (χ0) is 25.8. The third kappa shape index (κ3) is 5.61. The van der Waals surface area contributed by atoms with E-state index < -0.39 is 21.0 Å². The predicted molar refractivity (Wildman–Crippen MR) is 142 cm³/mol. The molecule has 192 valence electrons. The van der Waals surface area contributed by atoms with E-state index in [1.54, 1.807) is 25.4 Å². The normalized spacial score (nSPS) is 16.1. The molecular weight excluding hydrogens is 536 g/mol. The maximum atomic E-state index is 13.3. The number of fused-ring (bicyclic) bond motifs is 1.